The number of nitrogens with two attached hydrogens (primary N) is 2. The Morgan fingerprint density at radius 1 is 1.13 bits per heavy atom. The van der Waals surface area contributed by atoms with E-state index in [4.69, 9.17) is 16.2 Å². The van der Waals surface area contributed by atoms with Gasteiger partial charge >= 0.3 is 6.18 Å². The number of methoxy groups -OCH3 is 1. The number of nitrogens with zero attached hydrogens (tertiary/aromatic N) is 3. The molecule has 0 saturated carbocycles. The fourth-order valence-corrected chi connectivity index (χ4v) is 5.42. The third kappa shape index (κ3) is 8.92. The minimum atomic E-state index is -4.25. The lowest BCUT2D eigenvalue weighted by Gasteiger charge is -2.39. The highest BCUT2D eigenvalue weighted by Gasteiger charge is 2.34. The lowest BCUT2D eigenvalue weighted by Crippen LogP contribution is -2.49. The largest absolute Gasteiger partial charge is 0.496 e. The maximum Gasteiger partial charge on any atom is 0.401 e. The van der Waals surface area contributed by atoms with Crippen LogP contribution in [0.3, 0.4) is 0 Å². The number of alkyl halides is 3. The monoisotopic (exact) mass is 631 g/mol. The molecular weight excluding hydrogens is 587 g/mol. The smallest absolute Gasteiger partial charge is 0.401 e. The molecule has 246 valence electrons. The van der Waals surface area contributed by atoms with E-state index < -0.39 is 18.6 Å². The molecule has 10 nitrogen and oxygen atoms in total. The summed E-state index contributed by atoms with van der Waals surface area (Å²) in [6.07, 6.45) is 3.32. The summed E-state index contributed by atoms with van der Waals surface area (Å²) in [5, 5.41) is 5.82. The molecule has 2 aromatic heterocycles. The van der Waals surface area contributed by atoms with Crippen LogP contribution < -0.4 is 22.1 Å². The van der Waals surface area contributed by atoms with Crippen molar-refractivity contribution < 1.29 is 27.5 Å². The van der Waals surface area contributed by atoms with Crippen molar-refractivity contribution in [1.82, 2.24) is 24.8 Å². The average Bonchev–Trinajstić information content (AvgIpc) is 3.41. The number of aldehydes is 1. The number of amides is 1. The molecule has 6 N–H and O–H groups in total. The number of ether oxygens (including phenoxy) is 1. The zero-order chi connectivity index (χ0) is 33.5. The summed E-state index contributed by atoms with van der Waals surface area (Å²) >= 11 is 0. The van der Waals surface area contributed by atoms with Crippen LogP contribution in [0.25, 0.3) is 11.2 Å². The molecule has 0 bridgehead atoms. The quantitative estimate of drug-likeness (QED) is 0.121. The second-order valence-corrected chi connectivity index (χ2v) is 11.2. The summed E-state index contributed by atoms with van der Waals surface area (Å²) in [7, 11) is 3.19. The van der Waals surface area contributed by atoms with E-state index in [1.807, 2.05) is 37.4 Å². The number of nitrogens with one attached hydrogen (secondary N) is 2. The molecule has 2 aromatic rings. The molecule has 3 heterocycles. The maximum atomic E-state index is 13.7. The average molecular weight is 632 g/mol. The second kappa shape index (κ2) is 15.2. The van der Waals surface area contributed by atoms with E-state index in [2.05, 4.69) is 15.5 Å². The number of hydrogen-bond donors (Lipinski definition) is 4. The summed E-state index contributed by atoms with van der Waals surface area (Å²) in [5.74, 6) is -0.0895. The van der Waals surface area contributed by atoms with Crippen LogP contribution in [-0.2, 0) is 9.53 Å². The Hall–Kier alpha value is -4.23. The first-order valence-electron chi connectivity index (χ1n) is 14.6. The molecule has 3 rings (SSSR count). The minimum absolute atomic E-state index is 0.0772. The van der Waals surface area contributed by atoms with E-state index in [1.165, 1.54) is 12.0 Å². The maximum absolute atomic E-state index is 13.7. The lowest BCUT2D eigenvalue weighted by molar-refractivity contribution is -0.149. The van der Waals surface area contributed by atoms with E-state index in [1.54, 1.807) is 38.3 Å². The molecule has 1 atom stereocenters. The number of halogens is 3. The van der Waals surface area contributed by atoms with Gasteiger partial charge in [0.1, 0.15) is 5.76 Å². The minimum Gasteiger partial charge on any atom is -0.496 e. The molecule has 45 heavy (non-hydrogen) atoms. The summed E-state index contributed by atoms with van der Waals surface area (Å²) in [4.78, 5) is 29.2. The number of allylic oxidation sites excluding steroid dienone is 5. The van der Waals surface area contributed by atoms with Crippen molar-refractivity contribution in [2.75, 3.05) is 53.4 Å². The van der Waals surface area contributed by atoms with E-state index >= 15 is 0 Å². The van der Waals surface area contributed by atoms with Crippen LogP contribution in [0.15, 0.2) is 59.3 Å². The number of rotatable bonds is 12. The molecule has 1 fully saturated rings. The number of fused-ring (bicyclic) bond motifs is 1. The van der Waals surface area contributed by atoms with Crippen LogP contribution in [0.5, 0.6) is 0 Å². The molecule has 1 amide bonds. The van der Waals surface area contributed by atoms with Gasteiger partial charge in [0, 0.05) is 85.9 Å². The zero-order valence-corrected chi connectivity index (χ0v) is 26.7. The standard InChI is InChI=1S/C32H44F3N7O3/c1-20(36)7-8-27(37)25-9-10-42-28(25)16-26(31(44)39-17-24(18-43)29(45-6)15-21(2)38-5)22(3)30(42)23(4)41-13-11-40(12-14-41)19-32(33,34)35/h7-10,15-16,18,23,38H,11-14,17,19,36-37H2,1-6H3,(H,39,44)/b20-7-,21-15-,27-8-,29-24+. The van der Waals surface area contributed by atoms with Crippen molar-refractivity contribution in [3.8, 4) is 0 Å². The number of aromatic nitrogens is 1. The first kappa shape index (κ1) is 35.3. The van der Waals surface area contributed by atoms with Crippen LogP contribution in [0.4, 0.5) is 13.2 Å². The number of carbonyl (C=O) groups excluding carboxylic acids is 2. The van der Waals surface area contributed by atoms with Gasteiger partial charge in [-0.2, -0.15) is 13.2 Å². The molecule has 0 spiro atoms. The van der Waals surface area contributed by atoms with Gasteiger partial charge in [-0.1, -0.05) is 0 Å². The first-order chi connectivity index (χ1) is 21.2. The third-order valence-electron chi connectivity index (χ3n) is 7.95. The predicted molar refractivity (Wildman–Crippen MR) is 170 cm³/mol. The Balaban J connectivity index is 2.06. The van der Waals surface area contributed by atoms with Gasteiger partial charge < -0.3 is 31.2 Å². The van der Waals surface area contributed by atoms with Crippen LogP contribution in [-0.4, -0.2) is 86.0 Å². The highest BCUT2D eigenvalue weighted by molar-refractivity contribution is 5.98. The Morgan fingerprint density at radius 3 is 2.36 bits per heavy atom. The van der Waals surface area contributed by atoms with Gasteiger partial charge in [0.05, 0.1) is 24.7 Å². The Bertz CT molecular complexity index is 1510. The summed E-state index contributed by atoms with van der Waals surface area (Å²) < 4.78 is 46.3. The van der Waals surface area contributed by atoms with E-state index in [-0.39, 0.29) is 31.2 Å². The van der Waals surface area contributed by atoms with E-state index in [9.17, 15) is 22.8 Å². The van der Waals surface area contributed by atoms with Gasteiger partial charge in [-0.05, 0) is 63.6 Å². The molecule has 0 aromatic carbocycles. The van der Waals surface area contributed by atoms with E-state index in [0.717, 1.165) is 11.4 Å². The molecule has 1 aliphatic rings. The van der Waals surface area contributed by atoms with Gasteiger partial charge in [0.25, 0.3) is 5.91 Å². The highest BCUT2D eigenvalue weighted by atomic mass is 19.4. The molecule has 0 aliphatic carbocycles. The Kier molecular flexibility index (Phi) is 11.9. The van der Waals surface area contributed by atoms with Crippen molar-refractivity contribution in [2.24, 2.45) is 11.5 Å². The van der Waals surface area contributed by atoms with Gasteiger partial charge in [-0.15, -0.1) is 0 Å². The topological polar surface area (TPSA) is 130 Å². The van der Waals surface area contributed by atoms with Gasteiger partial charge in [-0.3, -0.25) is 19.4 Å². The molecule has 13 heteroatoms. The fourth-order valence-electron chi connectivity index (χ4n) is 5.42. The van der Waals surface area contributed by atoms with Crippen molar-refractivity contribution in [1.29, 1.82) is 0 Å². The fraction of sp³-hybridized carbons (Fsp3) is 0.438. The molecule has 1 unspecified atom stereocenters. The van der Waals surface area contributed by atoms with Crippen LogP contribution in [0.2, 0.25) is 0 Å². The number of hydrogen-bond acceptors (Lipinski definition) is 8. The molecule has 1 saturated heterocycles. The van der Waals surface area contributed by atoms with Crippen molar-refractivity contribution in [3.05, 3.63) is 81.7 Å². The molecular formula is C32H44F3N7O3. The van der Waals surface area contributed by atoms with Gasteiger partial charge in [0.15, 0.2) is 6.29 Å². The molecule has 1 aliphatic heterocycles. The predicted octanol–water partition coefficient (Wildman–Crippen LogP) is 3.60. The van der Waals surface area contributed by atoms with Crippen LogP contribution >= 0.6 is 0 Å². The lowest BCUT2D eigenvalue weighted by atomic mass is 9.99. The van der Waals surface area contributed by atoms with Crippen LogP contribution in [0, 0.1) is 6.92 Å². The van der Waals surface area contributed by atoms with Gasteiger partial charge in [0.2, 0.25) is 0 Å². The number of carbonyl (C=O) groups is 2. The van der Waals surface area contributed by atoms with E-state index in [0.29, 0.717) is 58.7 Å². The third-order valence-corrected chi connectivity index (χ3v) is 7.95. The van der Waals surface area contributed by atoms with Crippen molar-refractivity contribution >= 4 is 23.4 Å². The zero-order valence-electron chi connectivity index (χ0n) is 26.7. The first-order valence-corrected chi connectivity index (χ1v) is 14.6. The Labute approximate surface area is 262 Å². The van der Waals surface area contributed by atoms with Crippen molar-refractivity contribution in [2.45, 2.75) is 39.9 Å². The normalized spacial score (nSPS) is 17.2. The van der Waals surface area contributed by atoms with Gasteiger partial charge in [-0.25, -0.2) is 0 Å². The Morgan fingerprint density at radius 2 is 1.80 bits per heavy atom. The summed E-state index contributed by atoms with van der Waals surface area (Å²) in [6.45, 7) is 7.77. The summed E-state index contributed by atoms with van der Waals surface area (Å²) in [5.41, 5.74) is 17.5. The summed E-state index contributed by atoms with van der Waals surface area (Å²) in [6, 6.07) is 3.36. The number of pyridine rings is 1. The van der Waals surface area contributed by atoms with Crippen molar-refractivity contribution in [3.63, 3.8) is 0 Å². The number of piperazine rings is 1. The second-order valence-electron chi connectivity index (χ2n) is 11.2. The highest BCUT2D eigenvalue weighted by Crippen LogP contribution is 2.32. The molecule has 0 radical (unpaired) electrons. The SMILES string of the molecule is CN/C(C)=C\C(OC)=C(/C=O)CNC(=O)c1cc2c(/C(N)=C/C=C(/C)N)ccn2c(C(C)N2CCN(CC(F)(F)F)CC2)c1C. The van der Waals surface area contributed by atoms with Crippen LogP contribution in [0.1, 0.15) is 54.0 Å².